The summed E-state index contributed by atoms with van der Waals surface area (Å²) in [6.07, 6.45) is 4.81. The lowest BCUT2D eigenvalue weighted by Gasteiger charge is -2.24. The predicted octanol–water partition coefficient (Wildman–Crippen LogP) is 2.21. The van der Waals surface area contributed by atoms with Crippen LogP contribution in [0, 0.1) is 5.92 Å². The maximum absolute atomic E-state index is 12.9. The first kappa shape index (κ1) is 14.3. The molecule has 1 unspecified atom stereocenters. The summed E-state index contributed by atoms with van der Waals surface area (Å²) < 4.78 is 0. The molecule has 0 saturated carbocycles. The van der Waals surface area contributed by atoms with E-state index in [0.29, 0.717) is 12.5 Å². The molecule has 1 aromatic heterocycles. The van der Waals surface area contributed by atoms with E-state index in [-0.39, 0.29) is 5.92 Å². The fourth-order valence-electron chi connectivity index (χ4n) is 3.70. The zero-order valence-corrected chi connectivity index (χ0v) is 13.2. The number of nitrogens with one attached hydrogen (secondary N) is 1. The third kappa shape index (κ3) is 2.83. The number of hydrogen-bond donors (Lipinski definition) is 1. The van der Waals surface area contributed by atoms with Crippen LogP contribution in [0.15, 0.2) is 36.5 Å². The van der Waals surface area contributed by atoms with Crippen molar-refractivity contribution in [2.24, 2.45) is 5.92 Å². The molecule has 23 heavy (non-hydrogen) atoms. The molecule has 1 atom stereocenters. The number of aryl methyl sites for hydroxylation is 1. The number of carbonyl (C=O) groups excluding carboxylic acids is 1. The standard InChI is InChI=1S/C18H22N4O/c23-18(22-9-4-7-17-15(13-22)11-19-20-17)14-8-10-21(12-14)16-5-2-1-3-6-16/h1-3,5-6,11,14H,4,7-10,12-13H2,(H,19,20). The van der Waals surface area contributed by atoms with Gasteiger partial charge in [-0.25, -0.2) is 0 Å². The number of amides is 1. The highest BCUT2D eigenvalue weighted by molar-refractivity contribution is 5.80. The van der Waals surface area contributed by atoms with Crippen molar-refractivity contribution in [1.29, 1.82) is 0 Å². The molecule has 2 aliphatic heterocycles. The summed E-state index contributed by atoms with van der Waals surface area (Å²) in [5.74, 6) is 0.418. The van der Waals surface area contributed by atoms with Crippen molar-refractivity contribution in [1.82, 2.24) is 15.1 Å². The maximum atomic E-state index is 12.9. The molecule has 2 aliphatic rings. The van der Waals surface area contributed by atoms with Crippen molar-refractivity contribution in [3.05, 3.63) is 47.8 Å². The third-order valence-electron chi connectivity index (χ3n) is 4.99. The highest BCUT2D eigenvalue weighted by Gasteiger charge is 2.32. The first-order valence-corrected chi connectivity index (χ1v) is 8.41. The van der Waals surface area contributed by atoms with Crippen molar-refractivity contribution in [3.8, 4) is 0 Å². The molecular weight excluding hydrogens is 288 g/mol. The highest BCUT2D eigenvalue weighted by Crippen LogP contribution is 2.26. The van der Waals surface area contributed by atoms with Crippen LogP contribution in [0.3, 0.4) is 0 Å². The van der Waals surface area contributed by atoms with E-state index in [1.54, 1.807) is 0 Å². The molecule has 2 aromatic rings. The molecular formula is C18H22N4O. The third-order valence-corrected chi connectivity index (χ3v) is 4.99. The molecule has 1 saturated heterocycles. The van der Waals surface area contributed by atoms with Gasteiger partial charge in [0.05, 0.1) is 12.1 Å². The van der Waals surface area contributed by atoms with E-state index in [9.17, 15) is 4.79 Å². The molecule has 1 aromatic carbocycles. The van der Waals surface area contributed by atoms with Crippen molar-refractivity contribution < 1.29 is 4.79 Å². The minimum Gasteiger partial charge on any atom is -0.371 e. The van der Waals surface area contributed by atoms with Crippen LogP contribution in [0.2, 0.25) is 0 Å². The second kappa shape index (κ2) is 6.07. The Morgan fingerprint density at radius 2 is 2.09 bits per heavy atom. The SMILES string of the molecule is O=C(C1CCN(c2ccccc2)C1)N1CCCc2[nH]ncc2C1. The predicted molar refractivity (Wildman–Crippen MR) is 89.1 cm³/mol. The first-order chi connectivity index (χ1) is 11.3. The number of carbonyl (C=O) groups is 1. The Kier molecular flexibility index (Phi) is 3.77. The minimum atomic E-state index is 0.114. The van der Waals surface area contributed by atoms with Gasteiger partial charge < -0.3 is 9.80 Å². The summed E-state index contributed by atoms with van der Waals surface area (Å²) in [6.45, 7) is 3.35. The molecule has 5 nitrogen and oxygen atoms in total. The quantitative estimate of drug-likeness (QED) is 0.925. The number of nitrogens with zero attached hydrogens (tertiary/aromatic N) is 3. The van der Waals surface area contributed by atoms with E-state index in [1.807, 2.05) is 17.2 Å². The van der Waals surface area contributed by atoms with Crippen LogP contribution in [0.1, 0.15) is 24.1 Å². The second-order valence-electron chi connectivity index (χ2n) is 6.50. The molecule has 0 aliphatic carbocycles. The topological polar surface area (TPSA) is 52.2 Å². The van der Waals surface area contributed by atoms with E-state index in [4.69, 9.17) is 0 Å². The van der Waals surface area contributed by atoms with E-state index >= 15 is 0 Å². The summed E-state index contributed by atoms with van der Waals surface area (Å²) in [7, 11) is 0. The Balaban J connectivity index is 1.44. The van der Waals surface area contributed by atoms with Crippen molar-refractivity contribution in [2.45, 2.75) is 25.8 Å². The monoisotopic (exact) mass is 310 g/mol. The first-order valence-electron chi connectivity index (χ1n) is 8.41. The Hall–Kier alpha value is -2.30. The smallest absolute Gasteiger partial charge is 0.227 e. The summed E-state index contributed by atoms with van der Waals surface area (Å²) in [6, 6.07) is 10.4. The summed E-state index contributed by atoms with van der Waals surface area (Å²) in [5.41, 5.74) is 3.59. The molecule has 0 radical (unpaired) electrons. The van der Waals surface area contributed by atoms with Gasteiger partial charge in [-0.05, 0) is 31.4 Å². The zero-order chi connectivity index (χ0) is 15.6. The minimum absolute atomic E-state index is 0.114. The van der Waals surface area contributed by atoms with Crippen LogP contribution in [0.4, 0.5) is 5.69 Å². The molecule has 120 valence electrons. The Morgan fingerprint density at radius 3 is 2.96 bits per heavy atom. The largest absolute Gasteiger partial charge is 0.371 e. The van der Waals surface area contributed by atoms with Crippen LogP contribution < -0.4 is 4.90 Å². The van der Waals surface area contributed by atoms with Gasteiger partial charge in [0.15, 0.2) is 0 Å². The fourth-order valence-corrected chi connectivity index (χ4v) is 3.70. The van der Waals surface area contributed by atoms with Crippen LogP contribution in [0.5, 0.6) is 0 Å². The molecule has 3 heterocycles. The summed E-state index contributed by atoms with van der Waals surface area (Å²) in [5, 5.41) is 7.18. The highest BCUT2D eigenvalue weighted by atomic mass is 16.2. The number of hydrogen-bond acceptors (Lipinski definition) is 3. The van der Waals surface area contributed by atoms with Gasteiger partial charge in [-0.1, -0.05) is 18.2 Å². The number of aromatic nitrogens is 2. The van der Waals surface area contributed by atoms with Crippen molar-refractivity contribution >= 4 is 11.6 Å². The number of para-hydroxylation sites is 1. The molecule has 1 amide bonds. The van der Waals surface area contributed by atoms with Gasteiger partial charge in [-0.2, -0.15) is 5.10 Å². The number of anilines is 1. The normalized spacial score (nSPS) is 21.1. The van der Waals surface area contributed by atoms with E-state index in [1.165, 1.54) is 16.9 Å². The van der Waals surface area contributed by atoms with Crippen LogP contribution >= 0.6 is 0 Å². The second-order valence-corrected chi connectivity index (χ2v) is 6.50. The van der Waals surface area contributed by atoms with Crippen molar-refractivity contribution in [2.75, 3.05) is 24.5 Å². The lowest BCUT2D eigenvalue weighted by molar-refractivity contribution is -0.135. The van der Waals surface area contributed by atoms with E-state index in [2.05, 4.69) is 39.4 Å². The Labute approximate surface area is 136 Å². The Bertz CT molecular complexity index is 681. The van der Waals surface area contributed by atoms with Gasteiger partial charge in [-0.3, -0.25) is 9.89 Å². The average Bonchev–Trinajstić information content (AvgIpc) is 3.20. The van der Waals surface area contributed by atoms with Crippen LogP contribution in [-0.4, -0.2) is 40.6 Å². The summed E-state index contributed by atoms with van der Waals surface area (Å²) >= 11 is 0. The summed E-state index contributed by atoms with van der Waals surface area (Å²) in [4.78, 5) is 17.3. The molecule has 0 bridgehead atoms. The lowest BCUT2D eigenvalue weighted by atomic mass is 10.1. The molecule has 5 heteroatoms. The van der Waals surface area contributed by atoms with Crippen LogP contribution in [0.25, 0.3) is 0 Å². The molecule has 1 N–H and O–H groups in total. The van der Waals surface area contributed by atoms with Crippen molar-refractivity contribution in [3.63, 3.8) is 0 Å². The number of H-pyrrole nitrogens is 1. The Morgan fingerprint density at radius 1 is 1.22 bits per heavy atom. The van der Waals surface area contributed by atoms with Gasteiger partial charge in [0.1, 0.15) is 0 Å². The van der Waals surface area contributed by atoms with Gasteiger partial charge in [-0.15, -0.1) is 0 Å². The lowest BCUT2D eigenvalue weighted by Crippen LogP contribution is -2.37. The van der Waals surface area contributed by atoms with Gasteiger partial charge in [0, 0.05) is 43.1 Å². The number of rotatable bonds is 2. The van der Waals surface area contributed by atoms with Gasteiger partial charge >= 0.3 is 0 Å². The van der Waals surface area contributed by atoms with E-state index in [0.717, 1.165) is 38.9 Å². The van der Waals surface area contributed by atoms with Gasteiger partial charge in [0.2, 0.25) is 5.91 Å². The average molecular weight is 310 g/mol. The van der Waals surface area contributed by atoms with Gasteiger partial charge in [0.25, 0.3) is 0 Å². The van der Waals surface area contributed by atoms with E-state index < -0.39 is 0 Å². The molecule has 4 rings (SSSR count). The number of aromatic amines is 1. The molecule has 1 fully saturated rings. The fraction of sp³-hybridized carbons (Fsp3) is 0.444. The molecule has 0 spiro atoms. The van der Waals surface area contributed by atoms with Crippen LogP contribution in [-0.2, 0) is 17.8 Å². The number of benzene rings is 1. The number of fused-ring (bicyclic) bond motifs is 1. The maximum Gasteiger partial charge on any atom is 0.227 e. The zero-order valence-electron chi connectivity index (χ0n) is 13.2.